The summed E-state index contributed by atoms with van der Waals surface area (Å²) >= 11 is 0. The minimum Gasteiger partial charge on any atom is -0.508 e. The number of nitrogen functional groups attached to an aromatic ring is 1. The van der Waals surface area contributed by atoms with Crippen molar-refractivity contribution in [2.75, 3.05) is 5.73 Å². The molecule has 0 bridgehead atoms. The Morgan fingerprint density at radius 1 is 1.27 bits per heavy atom. The van der Waals surface area contributed by atoms with Crippen LogP contribution < -0.4 is 5.73 Å². The van der Waals surface area contributed by atoms with Crippen molar-refractivity contribution in [3.8, 4) is 16.9 Å². The lowest BCUT2D eigenvalue weighted by Crippen LogP contribution is -1.92. The summed E-state index contributed by atoms with van der Waals surface area (Å²) in [5, 5.41) is 9.37. The van der Waals surface area contributed by atoms with E-state index in [-0.39, 0.29) is 5.75 Å². The van der Waals surface area contributed by atoms with E-state index in [9.17, 15) is 5.11 Å². The Bertz CT molecular complexity index is 495. The zero-order chi connectivity index (χ0) is 10.8. The lowest BCUT2D eigenvalue weighted by Gasteiger charge is -2.06. The van der Waals surface area contributed by atoms with Gasteiger partial charge >= 0.3 is 0 Å². The molecule has 0 atom stereocenters. The van der Waals surface area contributed by atoms with Crippen LogP contribution in [0.15, 0.2) is 36.5 Å². The number of rotatable bonds is 1. The van der Waals surface area contributed by atoms with Gasteiger partial charge in [-0.1, -0.05) is 12.1 Å². The van der Waals surface area contributed by atoms with E-state index in [2.05, 4.69) is 4.98 Å². The van der Waals surface area contributed by atoms with Gasteiger partial charge < -0.3 is 10.8 Å². The largest absolute Gasteiger partial charge is 0.508 e. The van der Waals surface area contributed by atoms with Gasteiger partial charge in [-0.15, -0.1) is 0 Å². The predicted octanol–water partition coefficient (Wildman–Crippen LogP) is 2.34. The SMILES string of the molecule is Cc1cc(N)ncc1-c1cccc(O)c1. The molecule has 0 aliphatic heterocycles. The molecule has 2 rings (SSSR count). The van der Waals surface area contributed by atoms with Crippen LogP contribution in [0, 0.1) is 6.92 Å². The molecule has 0 aliphatic carbocycles. The van der Waals surface area contributed by atoms with Gasteiger partial charge in [0.05, 0.1) is 0 Å². The summed E-state index contributed by atoms with van der Waals surface area (Å²) in [6, 6.07) is 8.91. The van der Waals surface area contributed by atoms with E-state index in [1.54, 1.807) is 24.4 Å². The molecular weight excluding hydrogens is 188 g/mol. The molecule has 0 radical (unpaired) electrons. The van der Waals surface area contributed by atoms with Crippen LogP contribution in [0.4, 0.5) is 5.82 Å². The molecule has 1 aromatic heterocycles. The maximum absolute atomic E-state index is 9.37. The topological polar surface area (TPSA) is 59.1 Å². The number of aromatic hydroxyl groups is 1. The van der Waals surface area contributed by atoms with Crippen molar-refractivity contribution in [2.24, 2.45) is 0 Å². The van der Waals surface area contributed by atoms with Crippen molar-refractivity contribution in [2.45, 2.75) is 6.92 Å². The second-order valence-corrected chi connectivity index (χ2v) is 3.47. The van der Waals surface area contributed by atoms with E-state index in [4.69, 9.17) is 5.73 Å². The van der Waals surface area contributed by atoms with Gasteiger partial charge in [0, 0.05) is 11.8 Å². The third kappa shape index (κ3) is 1.91. The molecule has 1 heterocycles. The maximum Gasteiger partial charge on any atom is 0.123 e. The number of phenols is 1. The average Bonchev–Trinajstić information content (AvgIpc) is 2.17. The lowest BCUT2D eigenvalue weighted by molar-refractivity contribution is 0.475. The first kappa shape index (κ1) is 9.52. The highest BCUT2D eigenvalue weighted by atomic mass is 16.3. The maximum atomic E-state index is 9.37. The normalized spacial score (nSPS) is 10.2. The summed E-state index contributed by atoms with van der Waals surface area (Å²) in [6.07, 6.45) is 1.72. The van der Waals surface area contributed by atoms with Crippen LogP contribution in [-0.4, -0.2) is 10.1 Å². The third-order valence-corrected chi connectivity index (χ3v) is 2.29. The fourth-order valence-electron chi connectivity index (χ4n) is 1.55. The first-order valence-corrected chi connectivity index (χ1v) is 4.68. The molecule has 3 N–H and O–H groups in total. The van der Waals surface area contributed by atoms with Crippen molar-refractivity contribution in [3.05, 3.63) is 42.1 Å². The Morgan fingerprint density at radius 2 is 2.07 bits per heavy atom. The molecule has 0 spiro atoms. The van der Waals surface area contributed by atoms with Crippen LogP contribution in [0.2, 0.25) is 0 Å². The van der Waals surface area contributed by atoms with E-state index < -0.39 is 0 Å². The van der Waals surface area contributed by atoms with Crippen LogP contribution in [0.25, 0.3) is 11.1 Å². The first-order chi connectivity index (χ1) is 7.16. The van der Waals surface area contributed by atoms with Gasteiger partial charge in [-0.05, 0) is 36.2 Å². The van der Waals surface area contributed by atoms with Gasteiger partial charge in [0.2, 0.25) is 0 Å². The molecule has 0 aliphatic rings. The van der Waals surface area contributed by atoms with Gasteiger partial charge in [0.25, 0.3) is 0 Å². The Hall–Kier alpha value is -2.03. The molecule has 0 fully saturated rings. The summed E-state index contributed by atoms with van der Waals surface area (Å²) in [5.74, 6) is 0.764. The first-order valence-electron chi connectivity index (χ1n) is 4.68. The van der Waals surface area contributed by atoms with E-state index in [0.717, 1.165) is 16.7 Å². The monoisotopic (exact) mass is 200 g/mol. The summed E-state index contributed by atoms with van der Waals surface area (Å²) in [6.45, 7) is 1.97. The molecule has 0 saturated heterocycles. The number of anilines is 1. The van der Waals surface area contributed by atoms with E-state index in [1.165, 1.54) is 0 Å². The number of aromatic nitrogens is 1. The summed E-state index contributed by atoms with van der Waals surface area (Å²) in [4.78, 5) is 4.04. The predicted molar refractivity (Wildman–Crippen MR) is 60.5 cm³/mol. The van der Waals surface area contributed by atoms with Crippen molar-refractivity contribution >= 4 is 5.82 Å². The summed E-state index contributed by atoms with van der Waals surface area (Å²) in [5.41, 5.74) is 8.55. The van der Waals surface area contributed by atoms with Gasteiger partial charge in [-0.25, -0.2) is 4.98 Å². The van der Waals surface area contributed by atoms with Crippen LogP contribution in [0.3, 0.4) is 0 Å². The number of benzene rings is 1. The number of nitrogens with zero attached hydrogens (tertiary/aromatic N) is 1. The number of nitrogens with two attached hydrogens (primary N) is 1. The highest BCUT2D eigenvalue weighted by Crippen LogP contribution is 2.26. The number of aryl methyl sites for hydroxylation is 1. The van der Waals surface area contributed by atoms with Gasteiger partial charge in [0.1, 0.15) is 11.6 Å². The molecule has 0 saturated carbocycles. The number of hydrogen-bond donors (Lipinski definition) is 2. The fraction of sp³-hybridized carbons (Fsp3) is 0.0833. The number of pyridine rings is 1. The Morgan fingerprint density at radius 3 is 2.73 bits per heavy atom. The second-order valence-electron chi connectivity index (χ2n) is 3.47. The zero-order valence-corrected chi connectivity index (χ0v) is 8.44. The minimum absolute atomic E-state index is 0.253. The Kier molecular flexibility index (Phi) is 2.29. The molecular formula is C12H12N2O. The van der Waals surface area contributed by atoms with Crippen LogP contribution in [-0.2, 0) is 0 Å². The quantitative estimate of drug-likeness (QED) is 0.742. The van der Waals surface area contributed by atoms with Gasteiger partial charge in [0.15, 0.2) is 0 Å². The molecule has 1 aromatic carbocycles. The molecule has 15 heavy (non-hydrogen) atoms. The average molecular weight is 200 g/mol. The number of hydrogen-bond acceptors (Lipinski definition) is 3. The smallest absolute Gasteiger partial charge is 0.123 e. The second kappa shape index (κ2) is 3.61. The van der Waals surface area contributed by atoms with Gasteiger partial charge in [-0.2, -0.15) is 0 Å². The van der Waals surface area contributed by atoms with Gasteiger partial charge in [-0.3, -0.25) is 0 Å². The molecule has 76 valence electrons. The molecule has 3 nitrogen and oxygen atoms in total. The molecule has 3 heteroatoms. The van der Waals surface area contributed by atoms with Crippen LogP contribution >= 0.6 is 0 Å². The zero-order valence-electron chi connectivity index (χ0n) is 8.44. The van der Waals surface area contributed by atoms with Crippen molar-refractivity contribution in [1.82, 2.24) is 4.98 Å². The van der Waals surface area contributed by atoms with E-state index in [1.807, 2.05) is 19.1 Å². The summed E-state index contributed by atoms with van der Waals surface area (Å²) < 4.78 is 0. The molecule has 0 amide bonds. The molecule has 0 unspecified atom stereocenters. The Labute approximate surface area is 88.2 Å². The van der Waals surface area contributed by atoms with E-state index >= 15 is 0 Å². The highest BCUT2D eigenvalue weighted by molar-refractivity contribution is 5.68. The third-order valence-electron chi connectivity index (χ3n) is 2.29. The Balaban J connectivity index is 2.54. The fourth-order valence-corrected chi connectivity index (χ4v) is 1.55. The minimum atomic E-state index is 0.253. The molecule has 2 aromatic rings. The van der Waals surface area contributed by atoms with Crippen molar-refractivity contribution < 1.29 is 5.11 Å². The van der Waals surface area contributed by atoms with Crippen LogP contribution in [0.5, 0.6) is 5.75 Å². The van der Waals surface area contributed by atoms with Crippen molar-refractivity contribution in [3.63, 3.8) is 0 Å². The highest BCUT2D eigenvalue weighted by Gasteiger charge is 2.03. The lowest BCUT2D eigenvalue weighted by atomic mass is 10.0. The standard InChI is InChI=1S/C12H12N2O/c1-8-5-12(13)14-7-11(8)9-3-2-4-10(15)6-9/h2-7,15H,1H3,(H2,13,14). The van der Waals surface area contributed by atoms with Crippen molar-refractivity contribution in [1.29, 1.82) is 0 Å². The number of phenolic OH excluding ortho intramolecular Hbond substituents is 1. The van der Waals surface area contributed by atoms with Crippen LogP contribution in [0.1, 0.15) is 5.56 Å². The summed E-state index contributed by atoms with van der Waals surface area (Å²) in [7, 11) is 0. The van der Waals surface area contributed by atoms with E-state index in [0.29, 0.717) is 5.82 Å².